The predicted molar refractivity (Wildman–Crippen MR) is 121 cm³/mol. The van der Waals surface area contributed by atoms with Crippen molar-refractivity contribution in [1.82, 2.24) is 9.80 Å². The number of nitrogens with zero attached hydrogens (tertiary/aromatic N) is 4. The van der Waals surface area contributed by atoms with E-state index >= 15 is 0 Å². The van der Waals surface area contributed by atoms with Gasteiger partial charge >= 0.3 is 6.18 Å². The van der Waals surface area contributed by atoms with Gasteiger partial charge in [0.05, 0.1) is 23.1 Å². The molecule has 2 atom stereocenters. The third-order valence-electron chi connectivity index (χ3n) is 7.83. The zero-order valence-electron chi connectivity index (χ0n) is 19.6. The first-order valence-electron chi connectivity index (χ1n) is 12.0. The highest BCUT2D eigenvalue weighted by Gasteiger charge is 2.46. The molecule has 0 spiro atoms. The summed E-state index contributed by atoms with van der Waals surface area (Å²) in [6.45, 7) is 2.19. The topological polar surface area (TPSA) is 67.7 Å². The molecule has 3 fully saturated rings. The molecule has 2 heterocycles. The number of amides is 2. The molecule has 0 unspecified atom stereocenters. The van der Waals surface area contributed by atoms with E-state index in [-0.39, 0.29) is 41.0 Å². The average molecular weight is 477 g/mol. The van der Waals surface area contributed by atoms with Gasteiger partial charge in [-0.15, -0.1) is 0 Å². The molecular weight excluding hydrogens is 445 g/mol. The predicted octanol–water partition coefficient (Wildman–Crippen LogP) is 3.76. The Hall–Kier alpha value is -2.76. The number of rotatable bonds is 4. The molecule has 184 valence electrons. The highest BCUT2D eigenvalue weighted by molar-refractivity contribution is 5.83. The molecule has 4 rings (SSSR count). The Balaban J connectivity index is 1.46. The van der Waals surface area contributed by atoms with E-state index in [1.54, 1.807) is 31.1 Å². The van der Waals surface area contributed by atoms with Crippen LogP contribution in [-0.2, 0) is 15.8 Å². The van der Waals surface area contributed by atoms with E-state index in [1.165, 1.54) is 6.07 Å². The van der Waals surface area contributed by atoms with Gasteiger partial charge in [0.15, 0.2) is 0 Å². The van der Waals surface area contributed by atoms with Crippen LogP contribution in [0.4, 0.5) is 18.9 Å². The highest BCUT2D eigenvalue weighted by atomic mass is 19.4. The van der Waals surface area contributed by atoms with Crippen molar-refractivity contribution in [2.24, 2.45) is 23.7 Å². The molecule has 3 aliphatic rings. The summed E-state index contributed by atoms with van der Waals surface area (Å²) >= 11 is 0. The van der Waals surface area contributed by atoms with Gasteiger partial charge in [-0.3, -0.25) is 9.59 Å². The van der Waals surface area contributed by atoms with Crippen molar-refractivity contribution < 1.29 is 22.8 Å². The van der Waals surface area contributed by atoms with E-state index in [4.69, 9.17) is 5.26 Å². The fourth-order valence-electron chi connectivity index (χ4n) is 5.64. The number of carbonyl (C=O) groups excluding carboxylic acids is 2. The number of piperidine rings is 1. The largest absolute Gasteiger partial charge is 0.417 e. The number of anilines is 1. The monoisotopic (exact) mass is 476 g/mol. The maximum atomic E-state index is 13.4. The summed E-state index contributed by atoms with van der Waals surface area (Å²) in [6.07, 6.45) is -0.162. The van der Waals surface area contributed by atoms with Crippen LogP contribution in [0.25, 0.3) is 0 Å². The smallest absolute Gasteiger partial charge is 0.372 e. The van der Waals surface area contributed by atoms with Crippen LogP contribution in [0.5, 0.6) is 0 Å². The summed E-state index contributed by atoms with van der Waals surface area (Å²) in [5.74, 6) is 0.355. The van der Waals surface area contributed by atoms with E-state index in [1.807, 2.05) is 9.80 Å². The van der Waals surface area contributed by atoms with E-state index in [9.17, 15) is 22.8 Å². The molecule has 1 aliphatic carbocycles. The third kappa shape index (κ3) is 4.73. The van der Waals surface area contributed by atoms with Gasteiger partial charge < -0.3 is 14.7 Å². The van der Waals surface area contributed by atoms with Crippen molar-refractivity contribution in [1.29, 1.82) is 5.26 Å². The zero-order chi connectivity index (χ0) is 24.6. The van der Waals surface area contributed by atoms with Gasteiger partial charge in [0.1, 0.15) is 0 Å². The van der Waals surface area contributed by atoms with Crippen molar-refractivity contribution in [3.8, 4) is 6.07 Å². The first-order valence-corrected chi connectivity index (χ1v) is 12.0. The minimum atomic E-state index is -4.58. The van der Waals surface area contributed by atoms with Crippen LogP contribution >= 0.6 is 0 Å². The summed E-state index contributed by atoms with van der Waals surface area (Å²) in [5.41, 5.74) is -0.829. The molecule has 0 N–H and O–H groups in total. The van der Waals surface area contributed by atoms with E-state index in [0.717, 1.165) is 38.2 Å². The fraction of sp³-hybridized carbons (Fsp3) is 0.640. The van der Waals surface area contributed by atoms with E-state index < -0.39 is 11.7 Å². The second-order valence-electron chi connectivity index (χ2n) is 10.0. The second kappa shape index (κ2) is 9.47. The van der Waals surface area contributed by atoms with Crippen LogP contribution in [-0.4, -0.2) is 61.9 Å². The Morgan fingerprint density at radius 1 is 1.09 bits per heavy atom. The van der Waals surface area contributed by atoms with Gasteiger partial charge in [-0.2, -0.15) is 18.4 Å². The number of likely N-dealkylation sites (tertiary alicyclic amines) is 1. The number of hydrogen-bond donors (Lipinski definition) is 0. The molecule has 1 aromatic rings. The number of halogens is 3. The van der Waals surface area contributed by atoms with Crippen molar-refractivity contribution in [3.05, 3.63) is 29.3 Å². The van der Waals surface area contributed by atoms with E-state index in [0.29, 0.717) is 31.9 Å². The summed E-state index contributed by atoms with van der Waals surface area (Å²) in [4.78, 5) is 31.2. The molecular formula is C25H31F3N4O2. The molecule has 0 bridgehead atoms. The number of alkyl halides is 3. The standard InChI is InChI=1S/C25H31F3N4O2/c1-30(2)24(34)21-15-32(23(33)17-4-3-5-17)14-20(21)16-8-10-31(11-9-16)19-7-6-18(13-29)22(12-19)25(26,27)28/h6-7,12,16-17,20-21H,3-5,8-11,14-15H2,1-2H3/t20-,21+/m0/s1. The van der Waals surface area contributed by atoms with Crippen LogP contribution in [0.1, 0.15) is 43.2 Å². The molecule has 0 radical (unpaired) electrons. The van der Waals surface area contributed by atoms with Gasteiger partial charge in [-0.25, -0.2) is 0 Å². The lowest BCUT2D eigenvalue weighted by atomic mass is 9.78. The minimum Gasteiger partial charge on any atom is -0.372 e. The zero-order valence-corrected chi connectivity index (χ0v) is 19.6. The Labute approximate surface area is 198 Å². The molecule has 2 amide bonds. The van der Waals surface area contributed by atoms with Crippen LogP contribution in [0, 0.1) is 35.0 Å². The maximum absolute atomic E-state index is 13.4. The van der Waals surface area contributed by atoms with Crippen molar-refractivity contribution >= 4 is 17.5 Å². The van der Waals surface area contributed by atoms with Crippen molar-refractivity contribution in [3.63, 3.8) is 0 Å². The summed E-state index contributed by atoms with van der Waals surface area (Å²) < 4.78 is 40.2. The van der Waals surface area contributed by atoms with Crippen LogP contribution < -0.4 is 4.90 Å². The first-order chi connectivity index (χ1) is 16.1. The number of benzene rings is 1. The average Bonchev–Trinajstić information content (AvgIpc) is 3.22. The Morgan fingerprint density at radius 2 is 1.76 bits per heavy atom. The normalized spacial score (nSPS) is 24.0. The molecule has 9 heteroatoms. The van der Waals surface area contributed by atoms with Crippen molar-refractivity contribution in [2.75, 3.05) is 45.2 Å². The Bertz CT molecular complexity index is 975. The summed E-state index contributed by atoms with van der Waals surface area (Å²) in [6, 6.07) is 5.49. The molecule has 2 saturated heterocycles. The number of hydrogen-bond acceptors (Lipinski definition) is 4. The van der Waals surface area contributed by atoms with Crippen LogP contribution in [0.2, 0.25) is 0 Å². The quantitative estimate of drug-likeness (QED) is 0.664. The third-order valence-corrected chi connectivity index (χ3v) is 7.83. The van der Waals surface area contributed by atoms with Crippen LogP contribution in [0.15, 0.2) is 18.2 Å². The fourth-order valence-corrected chi connectivity index (χ4v) is 5.64. The SMILES string of the molecule is CN(C)C(=O)[C@@H]1CN(C(=O)C2CCC2)C[C@H]1C1CCN(c2ccc(C#N)c(C(F)(F)F)c2)CC1. The van der Waals surface area contributed by atoms with Gasteiger partial charge in [0.25, 0.3) is 0 Å². The van der Waals surface area contributed by atoms with Gasteiger partial charge in [0.2, 0.25) is 11.8 Å². The summed E-state index contributed by atoms with van der Waals surface area (Å²) in [7, 11) is 3.48. The molecule has 34 heavy (non-hydrogen) atoms. The minimum absolute atomic E-state index is 0.0400. The lowest BCUT2D eigenvalue weighted by Gasteiger charge is -2.38. The molecule has 0 aromatic heterocycles. The Morgan fingerprint density at radius 3 is 2.29 bits per heavy atom. The molecule has 1 aromatic carbocycles. The Kier molecular flexibility index (Phi) is 6.79. The lowest BCUT2D eigenvalue weighted by Crippen LogP contribution is -2.41. The molecule has 1 saturated carbocycles. The van der Waals surface area contributed by atoms with Gasteiger partial charge in [0, 0.05) is 51.9 Å². The summed E-state index contributed by atoms with van der Waals surface area (Å²) in [5, 5.41) is 9.04. The van der Waals surface area contributed by atoms with Crippen LogP contribution in [0.3, 0.4) is 0 Å². The maximum Gasteiger partial charge on any atom is 0.417 e. The van der Waals surface area contributed by atoms with E-state index in [2.05, 4.69) is 0 Å². The second-order valence-corrected chi connectivity index (χ2v) is 10.0. The highest BCUT2D eigenvalue weighted by Crippen LogP contribution is 2.40. The lowest BCUT2D eigenvalue weighted by molar-refractivity contribution is -0.138. The number of carbonyl (C=O) groups is 2. The van der Waals surface area contributed by atoms with Crippen molar-refractivity contribution in [2.45, 2.75) is 38.3 Å². The van der Waals surface area contributed by atoms with Gasteiger partial charge in [-0.1, -0.05) is 6.42 Å². The first kappa shape index (κ1) is 24.4. The molecule has 2 aliphatic heterocycles. The van der Waals surface area contributed by atoms with Gasteiger partial charge in [-0.05, 0) is 55.7 Å². The number of nitriles is 1. The molecule has 6 nitrogen and oxygen atoms in total.